The van der Waals surface area contributed by atoms with Crippen molar-refractivity contribution in [3.05, 3.63) is 58.0 Å². The molecule has 0 aliphatic heterocycles. The van der Waals surface area contributed by atoms with Crippen molar-refractivity contribution in [3.63, 3.8) is 0 Å². The van der Waals surface area contributed by atoms with E-state index in [0.717, 1.165) is 15.1 Å². The molecule has 0 spiro atoms. The first-order valence-corrected chi connectivity index (χ1v) is 8.19. The molecule has 3 rings (SSSR count). The van der Waals surface area contributed by atoms with Gasteiger partial charge in [0.1, 0.15) is 0 Å². The first-order chi connectivity index (χ1) is 10.2. The molecule has 0 amide bonds. The highest BCUT2D eigenvalue weighted by molar-refractivity contribution is 9.10. The maximum absolute atomic E-state index is 5.95. The lowest BCUT2D eigenvalue weighted by molar-refractivity contribution is 0.391. The highest BCUT2D eigenvalue weighted by Crippen LogP contribution is 2.24. The number of hydrogen-bond donors (Lipinski definition) is 0. The Morgan fingerprint density at radius 2 is 2.14 bits per heavy atom. The van der Waals surface area contributed by atoms with E-state index in [1.165, 1.54) is 11.8 Å². The molecule has 0 aliphatic rings. The van der Waals surface area contributed by atoms with Crippen LogP contribution in [-0.2, 0) is 5.75 Å². The Morgan fingerprint density at radius 1 is 1.24 bits per heavy atom. The summed E-state index contributed by atoms with van der Waals surface area (Å²) in [6, 6.07) is 11.2. The van der Waals surface area contributed by atoms with Gasteiger partial charge < -0.3 is 4.52 Å². The molecule has 0 saturated heterocycles. The summed E-state index contributed by atoms with van der Waals surface area (Å²) in [5, 5.41) is 5.52. The van der Waals surface area contributed by atoms with E-state index in [1.54, 1.807) is 18.3 Å². The molecule has 0 bridgehead atoms. The van der Waals surface area contributed by atoms with E-state index >= 15 is 0 Å². The van der Waals surface area contributed by atoms with Crippen LogP contribution in [-0.4, -0.2) is 15.1 Å². The van der Waals surface area contributed by atoms with Gasteiger partial charge in [0.2, 0.25) is 11.7 Å². The molecular weight excluding hydrogens is 374 g/mol. The number of rotatable bonds is 4. The van der Waals surface area contributed by atoms with Crippen molar-refractivity contribution in [1.82, 2.24) is 15.1 Å². The van der Waals surface area contributed by atoms with E-state index < -0.39 is 0 Å². The SMILES string of the molecule is Clc1cccc(-c2noc(CSc3ccc(Br)cn3)n2)c1. The summed E-state index contributed by atoms with van der Waals surface area (Å²) >= 11 is 10.8. The summed E-state index contributed by atoms with van der Waals surface area (Å²) in [4.78, 5) is 8.64. The van der Waals surface area contributed by atoms with Crippen molar-refractivity contribution >= 4 is 39.3 Å². The third-order valence-corrected chi connectivity index (χ3v) is 4.23. The maximum atomic E-state index is 5.95. The van der Waals surface area contributed by atoms with Crippen LogP contribution in [0, 0.1) is 0 Å². The average Bonchev–Trinajstić information content (AvgIpc) is 2.96. The zero-order chi connectivity index (χ0) is 14.7. The standard InChI is InChI=1S/C14H9BrClN3OS/c15-10-4-5-13(17-7-10)21-8-12-18-14(19-20-12)9-2-1-3-11(16)6-9/h1-7H,8H2. The van der Waals surface area contributed by atoms with Crippen molar-refractivity contribution in [3.8, 4) is 11.4 Å². The fourth-order valence-electron chi connectivity index (χ4n) is 1.64. The second-order valence-electron chi connectivity index (χ2n) is 4.13. The lowest BCUT2D eigenvalue weighted by atomic mass is 10.2. The molecule has 0 aliphatic carbocycles. The molecule has 0 unspecified atom stereocenters. The molecule has 0 atom stereocenters. The predicted molar refractivity (Wildman–Crippen MR) is 86.2 cm³/mol. The van der Waals surface area contributed by atoms with E-state index in [9.17, 15) is 0 Å². The van der Waals surface area contributed by atoms with Crippen LogP contribution in [0.1, 0.15) is 5.89 Å². The molecular formula is C14H9BrClN3OS. The third-order valence-electron chi connectivity index (χ3n) is 2.59. The van der Waals surface area contributed by atoms with Crippen molar-refractivity contribution in [2.75, 3.05) is 0 Å². The van der Waals surface area contributed by atoms with Gasteiger partial charge in [0, 0.05) is 21.3 Å². The zero-order valence-corrected chi connectivity index (χ0v) is 13.8. The Morgan fingerprint density at radius 3 is 2.90 bits per heavy atom. The van der Waals surface area contributed by atoms with Crippen molar-refractivity contribution in [2.24, 2.45) is 0 Å². The molecule has 0 radical (unpaired) electrons. The van der Waals surface area contributed by atoms with Crippen LogP contribution in [0.4, 0.5) is 0 Å². The summed E-state index contributed by atoms with van der Waals surface area (Å²) in [5.74, 6) is 1.67. The van der Waals surface area contributed by atoms with Crippen molar-refractivity contribution < 1.29 is 4.52 Å². The van der Waals surface area contributed by atoms with Gasteiger partial charge in [-0.3, -0.25) is 0 Å². The third kappa shape index (κ3) is 3.84. The van der Waals surface area contributed by atoms with Crippen molar-refractivity contribution in [2.45, 2.75) is 10.8 Å². The summed E-state index contributed by atoms with van der Waals surface area (Å²) in [6.45, 7) is 0. The fourth-order valence-corrected chi connectivity index (χ4v) is 2.75. The molecule has 106 valence electrons. The van der Waals surface area contributed by atoms with Crippen LogP contribution >= 0.6 is 39.3 Å². The summed E-state index contributed by atoms with van der Waals surface area (Å²) < 4.78 is 6.19. The van der Waals surface area contributed by atoms with E-state index in [1.807, 2.05) is 24.3 Å². The Hall–Kier alpha value is -1.37. The van der Waals surface area contributed by atoms with Crippen LogP contribution < -0.4 is 0 Å². The normalized spacial score (nSPS) is 10.8. The van der Waals surface area contributed by atoms with Crippen molar-refractivity contribution in [1.29, 1.82) is 0 Å². The van der Waals surface area contributed by atoms with E-state index in [0.29, 0.717) is 22.5 Å². The van der Waals surface area contributed by atoms with Gasteiger partial charge in [-0.1, -0.05) is 40.7 Å². The molecule has 1 aromatic carbocycles. The molecule has 7 heteroatoms. The molecule has 2 heterocycles. The van der Waals surface area contributed by atoms with Gasteiger partial charge >= 0.3 is 0 Å². The number of aromatic nitrogens is 3. The lowest BCUT2D eigenvalue weighted by Crippen LogP contribution is -1.84. The van der Waals surface area contributed by atoms with Gasteiger partial charge in [-0.15, -0.1) is 0 Å². The Kier molecular flexibility index (Phi) is 4.57. The minimum atomic E-state index is 0.539. The van der Waals surface area contributed by atoms with E-state index in [4.69, 9.17) is 16.1 Å². The summed E-state index contributed by atoms with van der Waals surface area (Å²) in [5.41, 5.74) is 0.837. The van der Waals surface area contributed by atoms with Crippen LogP contribution in [0.15, 0.2) is 56.6 Å². The van der Waals surface area contributed by atoms with Gasteiger partial charge in [-0.05, 0) is 40.2 Å². The number of pyridine rings is 1. The molecule has 0 saturated carbocycles. The number of benzene rings is 1. The topological polar surface area (TPSA) is 51.8 Å². The Bertz CT molecular complexity index is 748. The molecule has 21 heavy (non-hydrogen) atoms. The Labute approximate surface area is 139 Å². The summed E-state index contributed by atoms with van der Waals surface area (Å²) in [6.07, 6.45) is 1.76. The first-order valence-electron chi connectivity index (χ1n) is 6.03. The predicted octanol–water partition coefficient (Wildman–Crippen LogP) is 4.84. The maximum Gasteiger partial charge on any atom is 0.237 e. The lowest BCUT2D eigenvalue weighted by Gasteiger charge is -1.97. The minimum Gasteiger partial charge on any atom is -0.338 e. The van der Waals surface area contributed by atoms with Gasteiger partial charge in [0.25, 0.3) is 0 Å². The van der Waals surface area contributed by atoms with Gasteiger partial charge in [-0.25, -0.2) is 4.98 Å². The number of halogens is 2. The quantitative estimate of drug-likeness (QED) is 0.604. The largest absolute Gasteiger partial charge is 0.338 e. The monoisotopic (exact) mass is 381 g/mol. The number of nitrogens with zero attached hydrogens (tertiary/aromatic N) is 3. The smallest absolute Gasteiger partial charge is 0.237 e. The molecule has 0 N–H and O–H groups in total. The van der Waals surface area contributed by atoms with E-state index in [-0.39, 0.29) is 0 Å². The number of thioether (sulfide) groups is 1. The minimum absolute atomic E-state index is 0.539. The van der Waals surface area contributed by atoms with Gasteiger partial charge in [-0.2, -0.15) is 4.98 Å². The number of hydrogen-bond acceptors (Lipinski definition) is 5. The second-order valence-corrected chi connectivity index (χ2v) is 6.47. The first kappa shape index (κ1) is 14.6. The highest BCUT2D eigenvalue weighted by Gasteiger charge is 2.09. The zero-order valence-electron chi connectivity index (χ0n) is 10.7. The van der Waals surface area contributed by atoms with Gasteiger partial charge in [0.05, 0.1) is 10.8 Å². The molecule has 0 fully saturated rings. The molecule has 2 aromatic heterocycles. The summed E-state index contributed by atoms with van der Waals surface area (Å²) in [7, 11) is 0. The van der Waals surface area contributed by atoms with Crippen LogP contribution in [0.3, 0.4) is 0 Å². The highest BCUT2D eigenvalue weighted by atomic mass is 79.9. The molecule has 3 aromatic rings. The average molecular weight is 383 g/mol. The van der Waals surface area contributed by atoms with E-state index in [2.05, 4.69) is 31.1 Å². The second kappa shape index (κ2) is 6.60. The fraction of sp³-hybridized carbons (Fsp3) is 0.0714. The van der Waals surface area contributed by atoms with Crippen LogP contribution in [0.25, 0.3) is 11.4 Å². The Balaban J connectivity index is 1.69. The van der Waals surface area contributed by atoms with Gasteiger partial charge in [0.15, 0.2) is 0 Å². The van der Waals surface area contributed by atoms with Crippen LogP contribution in [0.2, 0.25) is 5.02 Å². The van der Waals surface area contributed by atoms with Crippen LogP contribution in [0.5, 0.6) is 0 Å². The molecule has 4 nitrogen and oxygen atoms in total.